The van der Waals surface area contributed by atoms with Gasteiger partial charge in [0, 0.05) is 31.6 Å². The van der Waals surface area contributed by atoms with E-state index in [1.54, 1.807) is 14.1 Å². The van der Waals surface area contributed by atoms with Crippen LogP contribution < -0.4 is 10.5 Å². The Morgan fingerprint density at radius 2 is 1.97 bits per heavy atom. The van der Waals surface area contributed by atoms with Crippen molar-refractivity contribution < 1.29 is 13.2 Å². The van der Waals surface area contributed by atoms with E-state index < -0.39 is 10.0 Å². The Kier molecular flexibility index (Phi) is 5.16. The van der Waals surface area contributed by atoms with E-state index in [-0.39, 0.29) is 10.8 Å². The second-order valence-corrected chi connectivity index (χ2v) is 9.17. The molecule has 1 aliphatic rings. The number of aromatic nitrogens is 4. The van der Waals surface area contributed by atoms with Crippen molar-refractivity contribution in [3.8, 4) is 0 Å². The molecule has 0 bridgehead atoms. The zero-order valence-corrected chi connectivity index (χ0v) is 17.5. The van der Waals surface area contributed by atoms with Crippen molar-refractivity contribution in [3.05, 3.63) is 35.8 Å². The minimum absolute atomic E-state index is 0.0766. The van der Waals surface area contributed by atoms with E-state index >= 15 is 0 Å². The molecule has 1 saturated carbocycles. The molecule has 158 valence electrons. The van der Waals surface area contributed by atoms with Crippen LogP contribution in [0.15, 0.2) is 29.3 Å². The van der Waals surface area contributed by atoms with E-state index in [1.165, 1.54) is 23.2 Å². The molecule has 3 aromatic rings. The van der Waals surface area contributed by atoms with E-state index in [1.807, 2.05) is 6.07 Å². The van der Waals surface area contributed by atoms with Crippen molar-refractivity contribution in [2.45, 2.75) is 36.5 Å². The lowest BCUT2D eigenvalue weighted by molar-refractivity contribution is 0.0823. The molecule has 0 aliphatic heterocycles. The van der Waals surface area contributed by atoms with Gasteiger partial charge in [-0.3, -0.25) is 4.79 Å². The number of sulfonamides is 1. The first-order valence-electron chi connectivity index (χ1n) is 9.60. The first-order chi connectivity index (χ1) is 14.2. The summed E-state index contributed by atoms with van der Waals surface area (Å²) in [6, 6.07) is 4.68. The van der Waals surface area contributed by atoms with Crippen LogP contribution in [0.4, 0.5) is 11.8 Å². The number of anilines is 2. The quantitative estimate of drug-likeness (QED) is 0.562. The van der Waals surface area contributed by atoms with E-state index in [0.29, 0.717) is 29.0 Å². The largest absolute Gasteiger partial charge is 0.344 e. The van der Waals surface area contributed by atoms with Gasteiger partial charge < -0.3 is 15.2 Å². The zero-order chi connectivity index (χ0) is 21.5. The summed E-state index contributed by atoms with van der Waals surface area (Å²) in [6.45, 7) is 0. The Balaban J connectivity index is 1.73. The molecular weight excluding hydrogens is 406 g/mol. The SMILES string of the molecule is CN(C)C(=O)c1cc2c(C3CCCC3)nc(Nc3ccc(S(N)(=O)=O)cn3)nc2[nH]1. The van der Waals surface area contributed by atoms with Gasteiger partial charge in [0.1, 0.15) is 22.1 Å². The Morgan fingerprint density at radius 1 is 1.23 bits per heavy atom. The van der Waals surface area contributed by atoms with Gasteiger partial charge in [0.05, 0.1) is 5.69 Å². The number of hydrogen-bond acceptors (Lipinski definition) is 7. The van der Waals surface area contributed by atoms with Gasteiger partial charge in [-0.1, -0.05) is 12.8 Å². The van der Waals surface area contributed by atoms with Crippen molar-refractivity contribution in [2.24, 2.45) is 5.14 Å². The van der Waals surface area contributed by atoms with Gasteiger partial charge in [-0.25, -0.2) is 23.5 Å². The first-order valence-corrected chi connectivity index (χ1v) is 11.1. The molecule has 1 amide bonds. The van der Waals surface area contributed by atoms with Gasteiger partial charge in [0.25, 0.3) is 5.91 Å². The average molecular weight is 430 g/mol. The van der Waals surface area contributed by atoms with E-state index in [9.17, 15) is 13.2 Å². The highest BCUT2D eigenvalue weighted by atomic mass is 32.2. The number of nitrogens with one attached hydrogen (secondary N) is 2. The minimum atomic E-state index is -3.81. The highest BCUT2D eigenvalue weighted by molar-refractivity contribution is 7.89. The second-order valence-electron chi connectivity index (χ2n) is 7.61. The molecule has 0 radical (unpaired) electrons. The van der Waals surface area contributed by atoms with Crippen LogP contribution >= 0.6 is 0 Å². The number of primary sulfonamides is 1. The Morgan fingerprint density at radius 3 is 2.57 bits per heavy atom. The van der Waals surface area contributed by atoms with Crippen LogP contribution in [0.2, 0.25) is 0 Å². The fraction of sp³-hybridized carbons (Fsp3) is 0.368. The molecule has 3 aromatic heterocycles. The Bertz CT molecular complexity index is 1200. The standard InChI is InChI=1S/C19H23N7O3S/c1-26(2)18(27)14-9-13-16(11-5-3-4-6-11)24-19(25-17(13)22-14)23-15-8-7-12(10-21-15)30(20,28)29/h7-11H,3-6H2,1-2H3,(H2,20,28,29)(H2,21,22,23,24,25). The van der Waals surface area contributed by atoms with Gasteiger partial charge in [-0.15, -0.1) is 0 Å². The molecule has 0 unspecified atom stereocenters. The van der Waals surface area contributed by atoms with E-state index in [2.05, 4.69) is 20.3 Å². The van der Waals surface area contributed by atoms with Gasteiger partial charge >= 0.3 is 0 Å². The van der Waals surface area contributed by atoms with Crippen molar-refractivity contribution in [2.75, 3.05) is 19.4 Å². The molecule has 1 fully saturated rings. The monoisotopic (exact) mass is 429 g/mol. The lowest BCUT2D eigenvalue weighted by Crippen LogP contribution is -2.21. The van der Waals surface area contributed by atoms with Crippen LogP contribution in [0.5, 0.6) is 0 Å². The molecule has 4 N–H and O–H groups in total. The molecule has 0 aromatic carbocycles. The molecule has 1 aliphatic carbocycles. The van der Waals surface area contributed by atoms with Crippen LogP contribution in [0.25, 0.3) is 11.0 Å². The fourth-order valence-corrected chi connectivity index (χ4v) is 4.15. The molecule has 4 rings (SSSR count). The maximum atomic E-state index is 12.4. The Labute approximate surface area is 174 Å². The summed E-state index contributed by atoms with van der Waals surface area (Å²) in [7, 11) is -0.423. The highest BCUT2D eigenvalue weighted by Gasteiger charge is 2.24. The number of carbonyl (C=O) groups is 1. The van der Waals surface area contributed by atoms with Gasteiger partial charge in [0.2, 0.25) is 16.0 Å². The molecule has 0 spiro atoms. The maximum absolute atomic E-state index is 12.4. The third-order valence-electron chi connectivity index (χ3n) is 5.20. The zero-order valence-electron chi connectivity index (χ0n) is 16.7. The van der Waals surface area contributed by atoms with Crippen LogP contribution in [0.3, 0.4) is 0 Å². The summed E-state index contributed by atoms with van der Waals surface area (Å²) in [6.07, 6.45) is 5.54. The van der Waals surface area contributed by atoms with Gasteiger partial charge in [-0.05, 0) is 31.0 Å². The smallest absolute Gasteiger partial charge is 0.269 e. The lowest BCUT2D eigenvalue weighted by Gasteiger charge is -2.12. The summed E-state index contributed by atoms with van der Waals surface area (Å²) < 4.78 is 22.8. The summed E-state index contributed by atoms with van der Waals surface area (Å²) in [5, 5.41) is 8.97. The number of fused-ring (bicyclic) bond motifs is 1. The van der Waals surface area contributed by atoms with Crippen molar-refractivity contribution in [3.63, 3.8) is 0 Å². The number of pyridine rings is 1. The number of hydrogen-bond donors (Lipinski definition) is 3. The molecule has 0 saturated heterocycles. The minimum Gasteiger partial charge on any atom is -0.344 e. The normalized spacial score (nSPS) is 14.9. The van der Waals surface area contributed by atoms with Crippen LogP contribution in [0, 0.1) is 0 Å². The van der Waals surface area contributed by atoms with Gasteiger partial charge in [-0.2, -0.15) is 4.98 Å². The fourth-order valence-electron chi connectivity index (χ4n) is 3.69. The topological polar surface area (TPSA) is 147 Å². The maximum Gasteiger partial charge on any atom is 0.269 e. The summed E-state index contributed by atoms with van der Waals surface area (Å²) in [5.74, 6) is 0.869. The third kappa shape index (κ3) is 3.98. The molecular formula is C19H23N7O3S. The van der Waals surface area contributed by atoms with Gasteiger partial charge in [0.15, 0.2) is 0 Å². The predicted molar refractivity (Wildman–Crippen MR) is 112 cm³/mol. The number of nitrogens with two attached hydrogens (primary N) is 1. The number of amides is 1. The van der Waals surface area contributed by atoms with Crippen molar-refractivity contribution in [1.29, 1.82) is 0 Å². The van der Waals surface area contributed by atoms with E-state index in [0.717, 1.165) is 36.8 Å². The number of carbonyl (C=O) groups excluding carboxylic acids is 1. The molecule has 0 atom stereocenters. The second kappa shape index (κ2) is 7.65. The highest BCUT2D eigenvalue weighted by Crippen LogP contribution is 2.37. The Hall–Kier alpha value is -3.05. The van der Waals surface area contributed by atoms with E-state index in [4.69, 9.17) is 10.1 Å². The number of aromatic amines is 1. The summed E-state index contributed by atoms with van der Waals surface area (Å²) in [4.78, 5) is 30.2. The number of H-pyrrole nitrogens is 1. The number of rotatable bonds is 5. The van der Waals surface area contributed by atoms with Crippen molar-refractivity contribution >= 4 is 38.7 Å². The predicted octanol–water partition coefficient (Wildman–Crippen LogP) is 2.10. The summed E-state index contributed by atoms with van der Waals surface area (Å²) >= 11 is 0. The lowest BCUT2D eigenvalue weighted by atomic mass is 10.0. The molecule has 30 heavy (non-hydrogen) atoms. The van der Waals surface area contributed by atoms with Crippen LogP contribution in [-0.2, 0) is 10.0 Å². The van der Waals surface area contributed by atoms with Crippen molar-refractivity contribution in [1.82, 2.24) is 24.8 Å². The molecule has 10 nitrogen and oxygen atoms in total. The van der Waals surface area contributed by atoms with Crippen LogP contribution in [0.1, 0.15) is 47.8 Å². The first kappa shape index (κ1) is 20.2. The molecule has 3 heterocycles. The third-order valence-corrected chi connectivity index (χ3v) is 6.10. The average Bonchev–Trinajstić information content (AvgIpc) is 3.36. The summed E-state index contributed by atoms with van der Waals surface area (Å²) in [5.41, 5.74) is 1.92. The number of nitrogens with zero attached hydrogens (tertiary/aromatic N) is 4. The van der Waals surface area contributed by atoms with Crippen LogP contribution in [-0.4, -0.2) is 53.3 Å². The molecule has 11 heteroatoms.